The van der Waals surface area contributed by atoms with Gasteiger partial charge in [0, 0.05) is 26.1 Å². The summed E-state index contributed by atoms with van der Waals surface area (Å²) in [6.07, 6.45) is 0.928. The molecule has 0 spiro atoms. The summed E-state index contributed by atoms with van der Waals surface area (Å²) < 4.78 is 5.88. The highest BCUT2D eigenvalue weighted by molar-refractivity contribution is 5.31. The van der Waals surface area contributed by atoms with E-state index in [2.05, 4.69) is 48.2 Å². The molecule has 3 heteroatoms. The first-order chi connectivity index (χ1) is 9.31. The highest BCUT2D eigenvalue weighted by Crippen LogP contribution is 2.31. The number of hydrogen-bond acceptors (Lipinski definition) is 3. The summed E-state index contributed by atoms with van der Waals surface area (Å²) in [6, 6.07) is 12.9. The molecular weight excluding hydrogens is 236 g/mol. The summed E-state index contributed by atoms with van der Waals surface area (Å²) in [5.41, 5.74) is 8.78. The molecular formula is C16H20N2O. The Balaban J connectivity index is 1.81. The summed E-state index contributed by atoms with van der Waals surface area (Å²) >= 11 is 0. The van der Waals surface area contributed by atoms with Gasteiger partial charge in [-0.3, -0.25) is 4.90 Å². The Labute approximate surface area is 114 Å². The van der Waals surface area contributed by atoms with Gasteiger partial charge < -0.3 is 10.2 Å². The predicted octanol–water partition coefficient (Wildman–Crippen LogP) is 2.86. The van der Waals surface area contributed by atoms with Crippen LogP contribution in [0.3, 0.4) is 0 Å². The molecule has 100 valence electrons. The average Bonchev–Trinajstić information content (AvgIpc) is 3.05. The quantitative estimate of drug-likeness (QED) is 0.914. The van der Waals surface area contributed by atoms with E-state index >= 15 is 0 Å². The van der Waals surface area contributed by atoms with Gasteiger partial charge in [0.1, 0.15) is 11.5 Å². The van der Waals surface area contributed by atoms with E-state index in [0.717, 1.165) is 31.0 Å². The van der Waals surface area contributed by atoms with E-state index in [9.17, 15) is 0 Å². The van der Waals surface area contributed by atoms with Gasteiger partial charge in [-0.25, -0.2) is 0 Å². The molecule has 0 amide bonds. The zero-order valence-electron chi connectivity index (χ0n) is 11.3. The van der Waals surface area contributed by atoms with Crippen LogP contribution in [-0.2, 0) is 19.5 Å². The van der Waals surface area contributed by atoms with Gasteiger partial charge >= 0.3 is 0 Å². The minimum Gasteiger partial charge on any atom is -0.464 e. The Morgan fingerprint density at radius 2 is 1.84 bits per heavy atom. The standard InChI is InChI=1S/C16H20N2O/c1-2-14-7-8-16(19-14)15(9-17)18-10-12-5-3-4-6-13(12)11-18/h3-8,15H,2,9-11,17H2,1H3. The van der Waals surface area contributed by atoms with Crippen LogP contribution in [0.1, 0.15) is 35.6 Å². The van der Waals surface area contributed by atoms with E-state index in [1.54, 1.807) is 0 Å². The molecule has 0 aliphatic carbocycles. The molecule has 19 heavy (non-hydrogen) atoms. The number of hydrogen-bond donors (Lipinski definition) is 1. The van der Waals surface area contributed by atoms with Crippen LogP contribution in [0.2, 0.25) is 0 Å². The molecule has 1 atom stereocenters. The first kappa shape index (κ1) is 12.5. The number of benzene rings is 1. The van der Waals surface area contributed by atoms with Gasteiger partial charge in [0.05, 0.1) is 6.04 Å². The molecule has 1 aromatic carbocycles. The second-order valence-electron chi connectivity index (χ2n) is 5.08. The van der Waals surface area contributed by atoms with Crippen LogP contribution < -0.4 is 5.73 Å². The zero-order valence-corrected chi connectivity index (χ0v) is 11.3. The Morgan fingerprint density at radius 3 is 2.37 bits per heavy atom. The van der Waals surface area contributed by atoms with Crippen LogP contribution in [0.4, 0.5) is 0 Å². The number of aryl methyl sites for hydroxylation is 1. The van der Waals surface area contributed by atoms with E-state index in [1.165, 1.54) is 11.1 Å². The first-order valence-electron chi connectivity index (χ1n) is 6.91. The van der Waals surface area contributed by atoms with Crippen LogP contribution in [0.5, 0.6) is 0 Å². The third-order valence-electron chi connectivity index (χ3n) is 3.89. The van der Waals surface area contributed by atoms with E-state index in [4.69, 9.17) is 10.2 Å². The van der Waals surface area contributed by atoms with Crippen LogP contribution in [0.15, 0.2) is 40.8 Å². The summed E-state index contributed by atoms with van der Waals surface area (Å²) in [4.78, 5) is 2.39. The molecule has 0 saturated heterocycles. The van der Waals surface area contributed by atoms with Gasteiger partial charge in [0.2, 0.25) is 0 Å². The SMILES string of the molecule is CCc1ccc(C(CN)N2Cc3ccccc3C2)o1. The van der Waals surface area contributed by atoms with Crippen LogP contribution >= 0.6 is 0 Å². The van der Waals surface area contributed by atoms with Crippen molar-refractivity contribution in [2.75, 3.05) is 6.54 Å². The highest BCUT2D eigenvalue weighted by Gasteiger charge is 2.27. The maximum absolute atomic E-state index is 5.97. The molecule has 0 fully saturated rings. The number of nitrogens with two attached hydrogens (primary N) is 1. The van der Waals surface area contributed by atoms with Crippen molar-refractivity contribution in [2.24, 2.45) is 5.73 Å². The van der Waals surface area contributed by atoms with Gasteiger partial charge in [0.25, 0.3) is 0 Å². The lowest BCUT2D eigenvalue weighted by Gasteiger charge is -2.24. The van der Waals surface area contributed by atoms with Crippen molar-refractivity contribution in [2.45, 2.75) is 32.5 Å². The molecule has 2 N–H and O–H groups in total. The number of fused-ring (bicyclic) bond motifs is 1. The van der Waals surface area contributed by atoms with Gasteiger partial charge in [-0.15, -0.1) is 0 Å². The maximum atomic E-state index is 5.97. The fourth-order valence-electron chi connectivity index (χ4n) is 2.79. The van der Waals surface area contributed by atoms with Gasteiger partial charge in [-0.1, -0.05) is 31.2 Å². The molecule has 1 aliphatic rings. The van der Waals surface area contributed by atoms with Gasteiger partial charge in [0.15, 0.2) is 0 Å². The molecule has 2 aromatic rings. The van der Waals surface area contributed by atoms with Gasteiger partial charge in [-0.2, -0.15) is 0 Å². The molecule has 2 heterocycles. The topological polar surface area (TPSA) is 42.4 Å². The Hall–Kier alpha value is -1.58. The molecule has 0 radical (unpaired) electrons. The van der Waals surface area contributed by atoms with Crippen LogP contribution in [-0.4, -0.2) is 11.4 Å². The summed E-state index contributed by atoms with van der Waals surface area (Å²) in [7, 11) is 0. The maximum Gasteiger partial charge on any atom is 0.122 e. The molecule has 1 unspecified atom stereocenters. The molecule has 0 bridgehead atoms. The van der Waals surface area contributed by atoms with Crippen molar-refractivity contribution in [3.05, 3.63) is 59.0 Å². The molecule has 0 saturated carbocycles. The number of nitrogens with zero attached hydrogens (tertiary/aromatic N) is 1. The van der Waals surface area contributed by atoms with Crippen molar-refractivity contribution in [3.63, 3.8) is 0 Å². The Kier molecular flexibility index (Phi) is 3.40. The minimum absolute atomic E-state index is 0.174. The van der Waals surface area contributed by atoms with E-state index in [0.29, 0.717) is 6.54 Å². The van der Waals surface area contributed by atoms with Crippen molar-refractivity contribution >= 4 is 0 Å². The lowest BCUT2D eigenvalue weighted by molar-refractivity contribution is 0.179. The molecule has 3 rings (SSSR count). The van der Waals surface area contributed by atoms with E-state index in [1.807, 2.05) is 0 Å². The fourth-order valence-corrected chi connectivity index (χ4v) is 2.79. The molecule has 1 aliphatic heterocycles. The largest absolute Gasteiger partial charge is 0.464 e. The summed E-state index contributed by atoms with van der Waals surface area (Å²) in [6.45, 7) is 4.61. The number of furan rings is 1. The third-order valence-corrected chi connectivity index (χ3v) is 3.89. The second kappa shape index (κ2) is 5.19. The predicted molar refractivity (Wildman–Crippen MR) is 75.6 cm³/mol. The molecule has 3 nitrogen and oxygen atoms in total. The molecule has 1 aromatic heterocycles. The lowest BCUT2D eigenvalue weighted by Crippen LogP contribution is -2.29. The lowest BCUT2D eigenvalue weighted by atomic mass is 10.1. The van der Waals surface area contributed by atoms with Crippen molar-refractivity contribution < 1.29 is 4.42 Å². The minimum atomic E-state index is 0.174. The van der Waals surface area contributed by atoms with E-state index in [-0.39, 0.29) is 6.04 Å². The summed E-state index contributed by atoms with van der Waals surface area (Å²) in [5, 5.41) is 0. The highest BCUT2D eigenvalue weighted by atomic mass is 16.3. The first-order valence-corrected chi connectivity index (χ1v) is 6.91. The van der Waals surface area contributed by atoms with Crippen molar-refractivity contribution in [3.8, 4) is 0 Å². The van der Waals surface area contributed by atoms with Crippen molar-refractivity contribution in [1.29, 1.82) is 0 Å². The smallest absolute Gasteiger partial charge is 0.122 e. The average molecular weight is 256 g/mol. The normalized spacial score (nSPS) is 16.5. The second-order valence-corrected chi connectivity index (χ2v) is 5.08. The number of rotatable bonds is 4. The van der Waals surface area contributed by atoms with Gasteiger partial charge in [-0.05, 0) is 23.3 Å². The Bertz CT molecular complexity index is 536. The monoisotopic (exact) mass is 256 g/mol. The van der Waals surface area contributed by atoms with E-state index < -0.39 is 0 Å². The van der Waals surface area contributed by atoms with Crippen LogP contribution in [0, 0.1) is 0 Å². The summed E-state index contributed by atoms with van der Waals surface area (Å²) in [5.74, 6) is 2.03. The Morgan fingerprint density at radius 1 is 1.16 bits per heavy atom. The third kappa shape index (κ3) is 2.31. The fraction of sp³-hybridized carbons (Fsp3) is 0.375. The zero-order chi connectivity index (χ0) is 13.2. The van der Waals surface area contributed by atoms with Crippen LogP contribution in [0.25, 0.3) is 0 Å². The van der Waals surface area contributed by atoms with Crippen molar-refractivity contribution in [1.82, 2.24) is 4.90 Å².